The first-order valence-corrected chi connectivity index (χ1v) is 6.77. The highest BCUT2D eigenvalue weighted by Crippen LogP contribution is 2.11. The lowest BCUT2D eigenvalue weighted by molar-refractivity contribution is 0.202. The zero-order chi connectivity index (χ0) is 15.6. The fourth-order valence-corrected chi connectivity index (χ4v) is 2.21. The molecule has 1 aromatic carbocycles. The Balaban J connectivity index is 2.37. The summed E-state index contributed by atoms with van der Waals surface area (Å²) in [6.45, 7) is 0. The van der Waals surface area contributed by atoms with Crippen molar-refractivity contribution in [1.29, 1.82) is 0 Å². The van der Waals surface area contributed by atoms with Gasteiger partial charge in [-0.1, -0.05) is 18.2 Å². The van der Waals surface area contributed by atoms with E-state index in [0.29, 0.717) is 0 Å². The zero-order valence-electron chi connectivity index (χ0n) is 10.1. The molecular weight excluding hydrogens is 307 g/mol. The van der Waals surface area contributed by atoms with Crippen molar-refractivity contribution in [3.63, 3.8) is 0 Å². The lowest BCUT2D eigenvalue weighted by Gasteiger charge is -2.06. The van der Waals surface area contributed by atoms with Gasteiger partial charge in [-0.25, -0.2) is 9.59 Å². The number of rotatable bonds is 2. The minimum absolute atomic E-state index is 0.00275. The van der Waals surface area contributed by atoms with Crippen molar-refractivity contribution >= 4 is 16.2 Å². The predicted octanol–water partition coefficient (Wildman–Crippen LogP) is 0.0493. The molecule has 1 N–H and O–H groups in total. The highest BCUT2D eigenvalue weighted by molar-refractivity contribution is 7.87. The summed E-state index contributed by atoms with van der Waals surface area (Å²) < 4.78 is 40.7. The smallest absolute Gasteiger partial charge is 0.324 e. The van der Waals surface area contributed by atoms with Crippen molar-refractivity contribution in [2.75, 3.05) is 0 Å². The molecule has 10 heteroatoms. The third-order valence-corrected chi connectivity index (χ3v) is 3.52. The van der Waals surface area contributed by atoms with Gasteiger partial charge in [-0.2, -0.15) is 17.4 Å². The molecule has 2 rings (SSSR count). The number of nitrogens with zero attached hydrogens (tertiary/aromatic N) is 1. The van der Waals surface area contributed by atoms with Crippen LogP contribution in [0.25, 0.3) is 0 Å². The summed E-state index contributed by atoms with van der Waals surface area (Å²) in [4.78, 5) is 34.9. The first-order chi connectivity index (χ1) is 9.81. The number of hydrogen-bond donors (Lipinski definition) is 1. The van der Waals surface area contributed by atoms with Gasteiger partial charge < -0.3 is 4.18 Å². The van der Waals surface area contributed by atoms with Crippen LogP contribution < -0.4 is 11.2 Å². The van der Waals surface area contributed by atoms with Crippen LogP contribution in [-0.2, 0) is 14.3 Å². The summed E-state index contributed by atoms with van der Waals surface area (Å²) in [5, 5.41) is 0. The average molecular weight is 314 g/mol. The van der Waals surface area contributed by atoms with E-state index in [1.54, 1.807) is 6.07 Å². The molecule has 8 nitrogen and oxygen atoms in total. The van der Waals surface area contributed by atoms with E-state index < -0.39 is 33.3 Å². The Morgan fingerprint density at radius 3 is 2.43 bits per heavy atom. The van der Waals surface area contributed by atoms with E-state index in [1.807, 2.05) is 0 Å². The van der Waals surface area contributed by atoms with E-state index in [2.05, 4.69) is 4.18 Å². The molecule has 1 heterocycles. The Kier molecular flexibility index (Phi) is 3.72. The highest BCUT2D eigenvalue weighted by Gasteiger charge is 2.22. The molecule has 0 saturated heterocycles. The summed E-state index contributed by atoms with van der Waals surface area (Å²) in [7, 11) is -4.47. The van der Waals surface area contributed by atoms with E-state index in [4.69, 9.17) is 0 Å². The molecule has 0 fully saturated rings. The molecule has 0 unspecified atom stereocenters. The molecule has 2 aromatic rings. The lowest BCUT2D eigenvalue weighted by Crippen LogP contribution is -2.36. The molecule has 0 radical (unpaired) electrons. The number of H-pyrrole nitrogens is 1. The molecule has 0 amide bonds. The van der Waals surface area contributed by atoms with E-state index in [9.17, 15) is 27.2 Å². The second kappa shape index (κ2) is 5.32. The van der Waals surface area contributed by atoms with E-state index in [1.165, 1.54) is 29.2 Å². The Labute approximate surface area is 116 Å². The topological polar surface area (TPSA) is 115 Å². The lowest BCUT2D eigenvalue weighted by atomic mass is 10.4. The van der Waals surface area contributed by atoms with Gasteiger partial charge in [-0.05, 0) is 12.1 Å². The van der Waals surface area contributed by atoms with Crippen LogP contribution in [0.15, 0.2) is 51.0 Å². The Hall–Kier alpha value is -2.75. The molecule has 0 bridgehead atoms. The predicted molar refractivity (Wildman–Crippen MR) is 66.8 cm³/mol. The number of carbonyl (C=O) groups excluding carboxylic acids is 1. The minimum Gasteiger partial charge on any atom is -0.324 e. The maximum Gasteiger partial charge on any atom is 0.438 e. The van der Waals surface area contributed by atoms with Gasteiger partial charge >= 0.3 is 21.9 Å². The first kappa shape index (κ1) is 14.7. The van der Waals surface area contributed by atoms with Crippen LogP contribution in [0, 0.1) is 5.82 Å². The Morgan fingerprint density at radius 2 is 1.81 bits per heavy atom. The number of hydrogen-bond acceptors (Lipinski definition) is 6. The van der Waals surface area contributed by atoms with Crippen LogP contribution in [0.5, 0.6) is 0 Å². The molecule has 0 aliphatic heterocycles. The van der Waals surface area contributed by atoms with Gasteiger partial charge in [0, 0.05) is 0 Å². The zero-order valence-corrected chi connectivity index (χ0v) is 11.0. The van der Waals surface area contributed by atoms with Crippen molar-refractivity contribution < 1.29 is 21.8 Å². The van der Waals surface area contributed by atoms with Crippen LogP contribution >= 0.6 is 0 Å². The molecule has 1 aromatic heterocycles. The number of carbonyl (C=O) groups is 1. The molecule has 0 spiro atoms. The van der Waals surface area contributed by atoms with Crippen LogP contribution in [-0.4, -0.2) is 24.1 Å². The fraction of sp³-hybridized carbons (Fsp3) is 0. The van der Waals surface area contributed by atoms with Crippen molar-refractivity contribution in [2.45, 2.75) is 4.90 Å². The fourth-order valence-electron chi connectivity index (χ4n) is 1.35. The number of halogens is 1. The van der Waals surface area contributed by atoms with E-state index in [0.717, 1.165) is 0 Å². The van der Waals surface area contributed by atoms with E-state index >= 15 is 0 Å². The molecule has 0 saturated carbocycles. The summed E-state index contributed by atoms with van der Waals surface area (Å²) in [5.74, 6) is -1.44. The SMILES string of the molecule is O=C(OS(=O)(=O)c1ccccc1)n1cc(F)c(=O)[nH]c1=O. The standard InChI is InChI=1S/C11H7FN2O6S/c12-8-6-14(10(16)13-9(8)15)11(17)20-21(18,19)7-4-2-1-3-5-7/h1-6H,(H,13,15,16). The molecule has 0 aliphatic carbocycles. The van der Waals surface area contributed by atoms with Gasteiger partial charge in [0.2, 0.25) is 5.82 Å². The minimum atomic E-state index is -4.47. The number of nitrogens with one attached hydrogen (secondary N) is 1. The van der Waals surface area contributed by atoms with Crippen LogP contribution in [0.3, 0.4) is 0 Å². The molecule has 110 valence electrons. The normalized spacial score (nSPS) is 11.1. The van der Waals surface area contributed by atoms with Crippen molar-refractivity contribution in [1.82, 2.24) is 9.55 Å². The van der Waals surface area contributed by atoms with Crippen LogP contribution in [0.4, 0.5) is 9.18 Å². The Morgan fingerprint density at radius 1 is 1.19 bits per heavy atom. The number of aromatic amines is 1. The highest BCUT2D eigenvalue weighted by atomic mass is 32.2. The second-order valence-corrected chi connectivity index (χ2v) is 5.27. The number of aromatic nitrogens is 2. The summed E-state index contributed by atoms with van der Waals surface area (Å²) >= 11 is 0. The summed E-state index contributed by atoms with van der Waals surface area (Å²) in [6.07, 6.45) is -1.43. The van der Waals surface area contributed by atoms with Crippen molar-refractivity contribution in [3.05, 3.63) is 63.2 Å². The van der Waals surface area contributed by atoms with Gasteiger partial charge in [0.1, 0.15) is 4.90 Å². The van der Waals surface area contributed by atoms with E-state index in [-0.39, 0.29) is 15.7 Å². The van der Waals surface area contributed by atoms with Crippen LogP contribution in [0.1, 0.15) is 0 Å². The van der Waals surface area contributed by atoms with Gasteiger partial charge in [-0.3, -0.25) is 9.78 Å². The molecule has 0 atom stereocenters. The van der Waals surface area contributed by atoms with Gasteiger partial charge in [0.05, 0.1) is 6.20 Å². The van der Waals surface area contributed by atoms with Gasteiger partial charge in [0.15, 0.2) is 0 Å². The summed E-state index contributed by atoms with van der Waals surface area (Å²) in [5.41, 5.74) is -2.66. The van der Waals surface area contributed by atoms with Crippen molar-refractivity contribution in [2.24, 2.45) is 0 Å². The second-order valence-electron chi connectivity index (χ2n) is 3.72. The number of benzene rings is 1. The molecular formula is C11H7FN2O6S. The van der Waals surface area contributed by atoms with Crippen molar-refractivity contribution in [3.8, 4) is 0 Å². The van der Waals surface area contributed by atoms with Gasteiger partial charge in [0.25, 0.3) is 5.56 Å². The molecule has 0 aliphatic rings. The third-order valence-electron chi connectivity index (χ3n) is 2.31. The van der Waals surface area contributed by atoms with Crippen LogP contribution in [0.2, 0.25) is 0 Å². The maximum atomic E-state index is 13.0. The largest absolute Gasteiger partial charge is 0.438 e. The third kappa shape index (κ3) is 3.05. The Bertz CT molecular complexity index is 900. The summed E-state index contributed by atoms with van der Waals surface area (Å²) in [6, 6.07) is 6.67. The maximum absolute atomic E-state index is 13.0. The van der Waals surface area contributed by atoms with Gasteiger partial charge in [-0.15, -0.1) is 0 Å². The monoisotopic (exact) mass is 314 g/mol. The molecule has 21 heavy (non-hydrogen) atoms. The quantitative estimate of drug-likeness (QED) is 0.783. The first-order valence-electron chi connectivity index (χ1n) is 5.36. The average Bonchev–Trinajstić information content (AvgIpc) is 2.43.